The molecule has 0 aliphatic carbocycles. The molecule has 0 saturated carbocycles. The van der Waals surface area contributed by atoms with E-state index in [-0.39, 0.29) is 0 Å². The van der Waals surface area contributed by atoms with E-state index in [1.807, 2.05) is 6.07 Å². The fourth-order valence-electron chi connectivity index (χ4n) is 1.85. The van der Waals surface area contributed by atoms with Crippen molar-refractivity contribution in [3.63, 3.8) is 0 Å². The van der Waals surface area contributed by atoms with Gasteiger partial charge in [-0.2, -0.15) is 0 Å². The van der Waals surface area contributed by atoms with Gasteiger partial charge in [0.05, 0.1) is 4.34 Å². The lowest BCUT2D eigenvalue weighted by atomic mass is 10.1. The molecule has 0 aliphatic rings. The van der Waals surface area contributed by atoms with E-state index in [0.717, 1.165) is 17.3 Å². The Morgan fingerprint density at radius 2 is 2.06 bits per heavy atom. The van der Waals surface area contributed by atoms with Crippen LogP contribution in [0.15, 0.2) is 12.1 Å². The molecule has 1 aromatic rings. The van der Waals surface area contributed by atoms with Gasteiger partial charge in [0.25, 0.3) is 0 Å². The molecule has 0 radical (unpaired) electrons. The maximum atomic E-state index is 5.92. The Labute approximate surface area is 108 Å². The molecule has 1 nitrogen and oxygen atoms in total. The molecule has 1 heterocycles. The summed E-state index contributed by atoms with van der Waals surface area (Å²) in [6.07, 6.45) is 6.13. The van der Waals surface area contributed by atoms with Crippen molar-refractivity contribution in [2.75, 3.05) is 6.54 Å². The lowest BCUT2D eigenvalue weighted by molar-refractivity contribution is 0.450. The molecule has 1 aromatic heterocycles. The number of hydrogen-bond donors (Lipinski definition) is 1. The van der Waals surface area contributed by atoms with Gasteiger partial charge in [-0.05, 0) is 44.4 Å². The molecule has 0 saturated heterocycles. The van der Waals surface area contributed by atoms with Crippen molar-refractivity contribution in [1.82, 2.24) is 5.32 Å². The highest BCUT2D eigenvalue weighted by atomic mass is 35.5. The van der Waals surface area contributed by atoms with Gasteiger partial charge in [-0.1, -0.05) is 31.9 Å². The van der Waals surface area contributed by atoms with Gasteiger partial charge in [-0.25, -0.2) is 0 Å². The van der Waals surface area contributed by atoms with Crippen LogP contribution in [-0.4, -0.2) is 12.6 Å². The van der Waals surface area contributed by atoms with E-state index < -0.39 is 0 Å². The average Bonchev–Trinajstić information content (AvgIpc) is 2.68. The van der Waals surface area contributed by atoms with Crippen LogP contribution in [0.5, 0.6) is 0 Å². The Bertz CT molecular complexity index is 285. The van der Waals surface area contributed by atoms with Crippen molar-refractivity contribution in [3.05, 3.63) is 21.3 Å². The summed E-state index contributed by atoms with van der Waals surface area (Å²) in [5, 5.41) is 3.62. The van der Waals surface area contributed by atoms with Crippen molar-refractivity contribution >= 4 is 22.9 Å². The Morgan fingerprint density at radius 1 is 1.25 bits per heavy atom. The third-order valence-electron chi connectivity index (χ3n) is 2.69. The van der Waals surface area contributed by atoms with Crippen molar-refractivity contribution in [1.29, 1.82) is 0 Å². The summed E-state index contributed by atoms with van der Waals surface area (Å²) >= 11 is 7.63. The van der Waals surface area contributed by atoms with E-state index in [0.29, 0.717) is 6.04 Å². The average molecular weight is 260 g/mol. The maximum absolute atomic E-state index is 5.92. The molecular formula is C13H22ClNS. The highest BCUT2D eigenvalue weighted by Crippen LogP contribution is 2.23. The van der Waals surface area contributed by atoms with Gasteiger partial charge in [0.15, 0.2) is 0 Å². The molecule has 0 aromatic carbocycles. The van der Waals surface area contributed by atoms with Crippen molar-refractivity contribution in [2.45, 2.75) is 52.0 Å². The van der Waals surface area contributed by atoms with Crippen LogP contribution in [0.2, 0.25) is 4.34 Å². The van der Waals surface area contributed by atoms with E-state index in [2.05, 4.69) is 25.2 Å². The van der Waals surface area contributed by atoms with Crippen molar-refractivity contribution < 1.29 is 0 Å². The molecule has 1 unspecified atom stereocenters. The highest BCUT2D eigenvalue weighted by Gasteiger charge is 2.07. The molecule has 0 spiro atoms. The molecule has 1 N–H and O–H groups in total. The predicted octanol–water partition coefficient (Wildman–Crippen LogP) is 4.50. The molecule has 16 heavy (non-hydrogen) atoms. The first kappa shape index (κ1) is 14.0. The number of thiophene rings is 1. The molecule has 0 bridgehead atoms. The lowest BCUT2D eigenvalue weighted by Gasteiger charge is -2.17. The molecule has 1 rings (SSSR count). The minimum Gasteiger partial charge on any atom is -0.314 e. The monoisotopic (exact) mass is 259 g/mol. The molecule has 0 fully saturated rings. The number of nitrogens with one attached hydrogen (secondary N) is 1. The summed E-state index contributed by atoms with van der Waals surface area (Å²) in [7, 11) is 0. The summed E-state index contributed by atoms with van der Waals surface area (Å²) in [5.74, 6) is 0. The Hall–Kier alpha value is -0.0500. The number of halogens is 1. The zero-order valence-electron chi connectivity index (χ0n) is 10.3. The van der Waals surface area contributed by atoms with Crippen molar-refractivity contribution in [3.8, 4) is 0 Å². The first-order valence-electron chi connectivity index (χ1n) is 6.23. The normalized spacial score (nSPS) is 12.9. The van der Waals surface area contributed by atoms with Gasteiger partial charge in [0, 0.05) is 10.9 Å². The minimum absolute atomic E-state index is 0.672. The van der Waals surface area contributed by atoms with Crippen LogP contribution in [0.1, 0.15) is 44.4 Å². The first-order valence-corrected chi connectivity index (χ1v) is 7.43. The molecule has 92 valence electrons. The number of aryl methyl sites for hydroxylation is 1. The topological polar surface area (TPSA) is 12.0 Å². The minimum atomic E-state index is 0.672. The zero-order chi connectivity index (χ0) is 11.8. The van der Waals surface area contributed by atoms with Gasteiger partial charge in [-0.15, -0.1) is 11.3 Å². The van der Waals surface area contributed by atoms with Crippen LogP contribution in [0.25, 0.3) is 0 Å². The van der Waals surface area contributed by atoms with Crippen LogP contribution in [0.3, 0.4) is 0 Å². The summed E-state index contributed by atoms with van der Waals surface area (Å²) < 4.78 is 0.906. The summed E-state index contributed by atoms with van der Waals surface area (Å²) in [4.78, 5) is 1.41. The second-order valence-electron chi connectivity index (χ2n) is 4.18. The largest absolute Gasteiger partial charge is 0.314 e. The van der Waals surface area contributed by atoms with E-state index in [1.165, 1.54) is 30.6 Å². The summed E-state index contributed by atoms with van der Waals surface area (Å²) in [6.45, 7) is 5.60. The SMILES string of the molecule is CCCNC(CCC)CCc1ccc(Cl)s1. The van der Waals surface area contributed by atoms with E-state index in [4.69, 9.17) is 11.6 Å². The van der Waals surface area contributed by atoms with E-state index in [1.54, 1.807) is 11.3 Å². The summed E-state index contributed by atoms with van der Waals surface area (Å²) in [5.41, 5.74) is 0. The smallest absolute Gasteiger partial charge is 0.0931 e. The second kappa shape index (κ2) is 8.10. The quantitative estimate of drug-likeness (QED) is 0.725. The number of rotatable bonds is 8. The third kappa shape index (κ3) is 5.33. The third-order valence-corrected chi connectivity index (χ3v) is 3.98. The Morgan fingerprint density at radius 3 is 2.62 bits per heavy atom. The molecule has 1 atom stereocenters. The van der Waals surface area contributed by atoms with Crippen LogP contribution in [0.4, 0.5) is 0 Å². The van der Waals surface area contributed by atoms with Gasteiger partial charge >= 0.3 is 0 Å². The summed E-state index contributed by atoms with van der Waals surface area (Å²) in [6, 6.07) is 4.82. The highest BCUT2D eigenvalue weighted by molar-refractivity contribution is 7.16. The zero-order valence-corrected chi connectivity index (χ0v) is 11.8. The fraction of sp³-hybridized carbons (Fsp3) is 0.692. The Balaban J connectivity index is 2.30. The number of hydrogen-bond acceptors (Lipinski definition) is 2. The van der Waals surface area contributed by atoms with Gasteiger partial charge < -0.3 is 5.32 Å². The predicted molar refractivity (Wildman–Crippen MR) is 74.6 cm³/mol. The Kier molecular flexibility index (Phi) is 7.10. The lowest BCUT2D eigenvalue weighted by Crippen LogP contribution is -2.30. The van der Waals surface area contributed by atoms with E-state index >= 15 is 0 Å². The van der Waals surface area contributed by atoms with Crippen LogP contribution >= 0.6 is 22.9 Å². The molecular weight excluding hydrogens is 238 g/mol. The maximum Gasteiger partial charge on any atom is 0.0931 e. The molecule has 0 amide bonds. The van der Waals surface area contributed by atoms with E-state index in [9.17, 15) is 0 Å². The first-order chi connectivity index (χ1) is 7.76. The van der Waals surface area contributed by atoms with Crippen LogP contribution in [-0.2, 0) is 6.42 Å². The molecule has 3 heteroatoms. The van der Waals surface area contributed by atoms with Gasteiger partial charge in [0.1, 0.15) is 0 Å². The fourth-order valence-corrected chi connectivity index (χ4v) is 2.95. The van der Waals surface area contributed by atoms with Gasteiger partial charge in [0.2, 0.25) is 0 Å². The van der Waals surface area contributed by atoms with Crippen molar-refractivity contribution in [2.24, 2.45) is 0 Å². The van der Waals surface area contributed by atoms with Crippen LogP contribution in [0, 0.1) is 0 Å². The standard InChI is InChI=1S/C13H22ClNS/c1-3-5-11(15-10-4-2)6-7-12-8-9-13(14)16-12/h8-9,11,15H,3-7,10H2,1-2H3. The molecule has 0 aliphatic heterocycles. The van der Waals surface area contributed by atoms with Crippen LogP contribution < -0.4 is 5.32 Å². The van der Waals surface area contributed by atoms with Gasteiger partial charge in [-0.3, -0.25) is 0 Å². The second-order valence-corrected chi connectivity index (χ2v) is 5.98.